The first-order valence-electron chi connectivity index (χ1n) is 6.87. The van der Waals surface area contributed by atoms with Crippen LogP contribution >= 0.6 is 0 Å². The molecule has 0 unspecified atom stereocenters. The molecular weight excluding hydrogens is 258 g/mol. The van der Waals surface area contributed by atoms with Gasteiger partial charge in [0.25, 0.3) is 0 Å². The van der Waals surface area contributed by atoms with Crippen molar-refractivity contribution in [1.82, 2.24) is 5.32 Å². The number of hydrogen-bond acceptors (Lipinski definition) is 3. The van der Waals surface area contributed by atoms with Crippen molar-refractivity contribution in [2.24, 2.45) is 11.8 Å². The number of aliphatic carboxylic acids is 1. The van der Waals surface area contributed by atoms with Crippen molar-refractivity contribution in [2.75, 3.05) is 6.54 Å². The third-order valence-corrected chi connectivity index (χ3v) is 3.70. The van der Waals surface area contributed by atoms with Crippen LogP contribution in [0.2, 0.25) is 0 Å². The van der Waals surface area contributed by atoms with Crippen molar-refractivity contribution in [2.45, 2.75) is 25.7 Å². The zero-order chi connectivity index (χ0) is 14.4. The molecule has 108 valence electrons. The van der Waals surface area contributed by atoms with Crippen LogP contribution in [0.25, 0.3) is 6.08 Å². The Bertz CT molecular complexity index is 470. The van der Waals surface area contributed by atoms with Crippen LogP contribution in [0.5, 0.6) is 0 Å². The molecule has 0 atom stereocenters. The zero-order valence-electron chi connectivity index (χ0n) is 11.2. The summed E-state index contributed by atoms with van der Waals surface area (Å²) in [7, 11) is 0. The van der Waals surface area contributed by atoms with Gasteiger partial charge in [0.2, 0.25) is 5.91 Å². The summed E-state index contributed by atoms with van der Waals surface area (Å²) in [6, 6.07) is 3.54. The standard InChI is InChI=1S/C15H19NO4/c17-14(8-7-13-2-1-9-20-13)16-10-11-3-5-12(6-4-11)15(18)19/h1-2,7-9,11-12H,3-6,10H2,(H,16,17)(H,18,19). The minimum Gasteiger partial charge on any atom is -0.481 e. The lowest BCUT2D eigenvalue weighted by atomic mass is 9.82. The lowest BCUT2D eigenvalue weighted by molar-refractivity contribution is -0.143. The van der Waals surface area contributed by atoms with Crippen molar-refractivity contribution in [1.29, 1.82) is 0 Å². The van der Waals surface area contributed by atoms with E-state index < -0.39 is 5.97 Å². The highest BCUT2D eigenvalue weighted by Gasteiger charge is 2.25. The Morgan fingerprint density at radius 1 is 1.35 bits per heavy atom. The van der Waals surface area contributed by atoms with E-state index in [4.69, 9.17) is 9.52 Å². The maximum atomic E-state index is 11.6. The number of carboxylic acids is 1. The molecule has 2 N–H and O–H groups in total. The quantitative estimate of drug-likeness (QED) is 0.809. The topological polar surface area (TPSA) is 79.5 Å². The second-order valence-electron chi connectivity index (χ2n) is 5.15. The maximum Gasteiger partial charge on any atom is 0.306 e. The Kier molecular flexibility index (Phi) is 4.98. The molecule has 0 saturated heterocycles. The Balaban J connectivity index is 1.68. The number of carboxylic acid groups (broad SMARTS) is 1. The van der Waals surface area contributed by atoms with E-state index in [9.17, 15) is 9.59 Å². The van der Waals surface area contributed by atoms with E-state index in [0.717, 1.165) is 12.8 Å². The Morgan fingerprint density at radius 2 is 2.10 bits per heavy atom. The van der Waals surface area contributed by atoms with Crippen LogP contribution in [0.3, 0.4) is 0 Å². The van der Waals surface area contributed by atoms with Gasteiger partial charge in [-0.25, -0.2) is 0 Å². The fraction of sp³-hybridized carbons (Fsp3) is 0.467. The van der Waals surface area contributed by atoms with Crippen molar-refractivity contribution in [3.05, 3.63) is 30.2 Å². The van der Waals surface area contributed by atoms with E-state index in [2.05, 4.69) is 5.32 Å². The first-order valence-corrected chi connectivity index (χ1v) is 6.87. The van der Waals surface area contributed by atoms with Crippen LogP contribution in [0.1, 0.15) is 31.4 Å². The number of nitrogens with one attached hydrogen (secondary N) is 1. The minimum absolute atomic E-state index is 0.151. The molecular formula is C15H19NO4. The number of rotatable bonds is 5. The monoisotopic (exact) mass is 277 g/mol. The van der Waals surface area contributed by atoms with E-state index in [1.54, 1.807) is 24.5 Å². The molecule has 1 heterocycles. The van der Waals surface area contributed by atoms with Gasteiger partial charge in [-0.15, -0.1) is 0 Å². The van der Waals surface area contributed by atoms with Gasteiger partial charge in [-0.3, -0.25) is 9.59 Å². The van der Waals surface area contributed by atoms with Gasteiger partial charge in [-0.05, 0) is 49.8 Å². The highest BCUT2D eigenvalue weighted by atomic mass is 16.4. The van der Waals surface area contributed by atoms with Gasteiger partial charge in [0.1, 0.15) is 5.76 Å². The molecule has 0 spiro atoms. The van der Waals surface area contributed by atoms with Crippen LogP contribution in [0.15, 0.2) is 28.9 Å². The Labute approximate surface area is 117 Å². The minimum atomic E-state index is -0.700. The Morgan fingerprint density at radius 3 is 2.70 bits per heavy atom. The van der Waals surface area contributed by atoms with Crippen LogP contribution in [0, 0.1) is 11.8 Å². The summed E-state index contributed by atoms with van der Waals surface area (Å²) in [4.78, 5) is 22.5. The molecule has 0 aromatic carbocycles. The summed E-state index contributed by atoms with van der Waals surface area (Å²) in [5.41, 5.74) is 0. The molecule has 5 nitrogen and oxygen atoms in total. The largest absolute Gasteiger partial charge is 0.481 e. The summed E-state index contributed by atoms with van der Waals surface area (Å²) in [5, 5.41) is 11.8. The van der Waals surface area contributed by atoms with Gasteiger partial charge in [-0.1, -0.05) is 0 Å². The molecule has 5 heteroatoms. The van der Waals surface area contributed by atoms with Gasteiger partial charge in [0.15, 0.2) is 0 Å². The smallest absolute Gasteiger partial charge is 0.306 e. The number of furan rings is 1. The van der Waals surface area contributed by atoms with Crippen LogP contribution < -0.4 is 5.32 Å². The highest BCUT2D eigenvalue weighted by molar-refractivity contribution is 5.91. The molecule has 1 aliphatic carbocycles. The average Bonchev–Trinajstić information content (AvgIpc) is 2.96. The second-order valence-corrected chi connectivity index (χ2v) is 5.15. The van der Waals surface area contributed by atoms with Crippen LogP contribution in [-0.2, 0) is 9.59 Å². The molecule has 1 fully saturated rings. The molecule has 1 aliphatic rings. The first kappa shape index (κ1) is 14.4. The van der Waals surface area contributed by atoms with E-state index in [-0.39, 0.29) is 11.8 Å². The highest BCUT2D eigenvalue weighted by Crippen LogP contribution is 2.28. The third-order valence-electron chi connectivity index (χ3n) is 3.70. The van der Waals surface area contributed by atoms with Gasteiger partial charge < -0.3 is 14.8 Å². The molecule has 20 heavy (non-hydrogen) atoms. The number of carbonyl (C=O) groups excluding carboxylic acids is 1. The van der Waals surface area contributed by atoms with E-state index in [0.29, 0.717) is 31.1 Å². The van der Waals surface area contributed by atoms with Crippen molar-refractivity contribution >= 4 is 18.0 Å². The van der Waals surface area contributed by atoms with E-state index in [1.807, 2.05) is 0 Å². The normalized spacial score (nSPS) is 22.8. The molecule has 1 amide bonds. The summed E-state index contributed by atoms with van der Waals surface area (Å²) in [6.45, 7) is 0.605. The first-order chi connectivity index (χ1) is 9.65. The lowest BCUT2D eigenvalue weighted by Crippen LogP contribution is -2.31. The van der Waals surface area contributed by atoms with Crippen molar-refractivity contribution in [3.63, 3.8) is 0 Å². The molecule has 0 bridgehead atoms. The fourth-order valence-electron chi connectivity index (χ4n) is 2.46. The predicted molar refractivity (Wildman–Crippen MR) is 73.8 cm³/mol. The predicted octanol–water partition coefficient (Wildman–Crippen LogP) is 2.30. The second kappa shape index (κ2) is 6.93. The summed E-state index contributed by atoms with van der Waals surface area (Å²) in [6.07, 6.45) is 7.76. The summed E-state index contributed by atoms with van der Waals surface area (Å²) >= 11 is 0. The fourth-order valence-corrected chi connectivity index (χ4v) is 2.46. The SMILES string of the molecule is O=C(C=Cc1ccco1)NCC1CCC(C(=O)O)CC1. The van der Waals surface area contributed by atoms with Gasteiger partial charge in [0.05, 0.1) is 12.2 Å². The number of amides is 1. The number of hydrogen-bond donors (Lipinski definition) is 2. The molecule has 0 radical (unpaired) electrons. The maximum absolute atomic E-state index is 11.6. The molecule has 1 aromatic rings. The molecule has 1 aromatic heterocycles. The third kappa shape index (κ3) is 4.26. The molecule has 0 aliphatic heterocycles. The Hall–Kier alpha value is -2.04. The van der Waals surface area contributed by atoms with E-state index >= 15 is 0 Å². The summed E-state index contributed by atoms with van der Waals surface area (Å²) in [5.74, 6) is -0.0369. The van der Waals surface area contributed by atoms with Gasteiger partial charge >= 0.3 is 5.97 Å². The van der Waals surface area contributed by atoms with Crippen LogP contribution in [-0.4, -0.2) is 23.5 Å². The van der Waals surface area contributed by atoms with Gasteiger partial charge in [0, 0.05) is 12.6 Å². The summed E-state index contributed by atoms with van der Waals surface area (Å²) < 4.78 is 5.09. The van der Waals surface area contributed by atoms with Crippen molar-refractivity contribution < 1.29 is 19.1 Å². The number of carbonyl (C=O) groups is 2. The lowest BCUT2D eigenvalue weighted by Gasteiger charge is -2.25. The van der Waals surface area contributed by atoms with Crippen molar-refractivity contribution in [3.8, 4) is 0 Å². The van der Waals surface area contributed by atoms with Gasteiger partial charge in [-0.2, -0.15) is 0 Å². The molecule has 2 rings (SSSR count). The zero-order valence-corrected chi connectivity index (χ0v) is 11.2. The average molecular weight is 277 g/mol. The van der Waals surface area contributed by atoms with E-state index in [1.165, 1.54) is 6.08 Å². The van der Waals surface area contributed by atoms with Crippen LogP contribution in [0.4, 0.5) is 0 Å². The molecule has 1 saturated carbocycles.